The second-order valence-corrected chi connectivity index (χ2v) is 4.94. The molecule has 17 heavy (non-hydrogen) atoms. The Labute approximate surface area is 105 Å². The molecule has 0 unspecified atom stereocenters. The van der Waals surface area contributed by atoms with Crippen molar-refractivity contribution in [3.63, 3.8) is 0 Å². The first kappa shape index (κ1) is 14.0. The van der Waals surface area contributed by atoms with Gasteiger partial charge in [-0.05, 0) is 13.8 Å². The molecule has 0 aromatic carbocycles. The van der Waals surface area contributed by atoms with Gasteiger partial charge in [0.1, 0.15) is 5.82 Å². The van der Waals surface area contributed by atoms with Gasteiger partial charge in [0.25, 0.3) is 0 Å². The van der Waals surface area contributed by atoms with Crippen molar-refractivity contribution in [2.24, 2.45) is 7.05 Å². The van der Waals surface area contributed by atoms with E-state index in [4.69, 9.17) is 4.74 Å². The van der Waals surface area contributed by atoms with E-state index in [1.165, 1.54) is 11.8 Å². The Balaban J connectivity index is 2.45. The summed E-state index contributed by atoms with van der Waals surface area (Å²) in [4.78, 5) is 11.7. The zero-order chi connectivity index (χ0) is 12.8. The molecule has 1 N–H and O–H groups in total. The molecule has 1 heterocycles. The Kier molecular flexibility index (Phi) is 5.43. The zero-order valence-corrected chi connectivity index (χ0v) is 11.4. The first-order valence-electron chi connectivity index (χ1n) is 5.35. The second-order valence-electron chi connectivity index (χ2n) is 3.63. The van der Waals surface area contributed by atoms with Gasteiger partial charge < -0.3 is 14.6 Å². The molecule has 0 bridgehead atoms. The van der Waals surface area contributed by atoms with Crippen LogP contribution in [0.1, 0.15) is 12.7 Å². The minimum atomic E-state index is -0.200. The Morgan fingerprint density at radius 3 is 2.82 bits per heavy atom. The molecule has 0 fully saturated rings. The number of thioether (sulfide) groups is 1. The normalized spacial score (nSPS) is 12.5. The number of rotatable bonds is 6. The zero-order valence-electron chi connectivity index (χ0n) is 10.6. The maximum Gasteiger partial charge on any atom is 0.233 e. The molecular weight excluding hydrogens is 240 g/mol. The van der Waals surface area contributed by atoms with Crippen LogP contribution in [0.4, 0.5) is 0 Å². The van der Waals surface area contributed by atoms with Crippen molar-refractivity contribution in [3.05, 3.63) is 5.82 Å². The number of aromatic nitrogens is 3. The van der Waals surface area contributed by atoms with Gasteiger partial charge in [-0.1, -0.05) is 11.8 Å². The molecule has 1 aromatic heterocycles. The monoisotopic (exact) mass is 258 g/mol. The van der Waals surface area contributed by atoms with Gasteiger partial charge in [-0.25, -0.2) is 0 Å². The summed E-state index contributed by atoms with van der Waals surface area (Å²) in [6.07, 6.45) is 0. The molecule has 96 valence electrons. The van der Waals surface area contributed by atoms with E-state index in [0.717, 1.165) is 11.0 Å². The number of ether oxygens (including phenoxy) is 1. The summed E-state index contributed by atoms with van der Waals surface area (Å²) in [6.45, 7) is 4.77. The number of amides is 1. The van der Waals surface area contributed by atoms with E-state index >= 15 is 0 Å². The lowest BCUT2D eigenvalue weighted by Crippen LogP contribution is -2.33. The highest BCUT2D eigenvalue weighted by atomic mass is 32.2. The number of aryl methyl sites for hydroxylation is 1. The van der Waals surface area contributed by atoms with E-state index in [1.54, 1.807) is 7.11 Å². The summed E-state index contributed by atoms with van der Waals surface area (Å²) in [7, 11) is 3.49. The van der Waals surface area contributed by atoms with Crippen LogP contribution >= 0.6 is 11.8 Å². The van der Waals surface area contributed by atoms with Gasteiger partial charge in [-0.3, -0.25) is 4.79 Å². The van der Waals surface area contributed by atoms with Gasteiger partial charge in [-0.2, -0.15) is 0 Å². The lowest BCUT2D eigenvalue weighted by Gasteiger charge is -2.10. The third-order valence-electron chi connectivity index (χ3n) is 2.31. The van der Waals surface area contributed by atoms with Crippen molar-refractivity contribution in [1.29, 1.82) is 0 Å². The summed E-state index contributed by atoms with van der Waals surface area (Å²) in [5.74, 6) is 0.812. The Morgan fingerprint density at radius 2 is 2.29 bits per heavy atom. The number of carbonyl (C=O) groups excluding carboxylic acids is 1. The first-order chi connectivity index (χ1) is 8.06. The molecule has 0 saturated heterocycles. The van der Waals surface area contributed by atoms with Crippen molar-refractivity contribution in [3.8, 4) is 0 Å². The standard InChI is InChI=1S/C10H18N4O2S/c1-7(9(15)11-5-6-16-4)17-10-13-12-8(2)14(10)3/h7H,5-6H2,1-4H3,(H,11,15)/t7-/m1/s1. The van der Waals surface area contributed by atoms with Crippen LogP contribution in [-0.4, -0.2) is 46.2 Å². The summed E-state index contributed by atoms with van der Waals surface area (Å²) in [5.41, 5.74) is 0. The topological polar surface area (TPSA) is 69.0 Å². The van der Waals surface area contributed by atoms with Crippen LogP contribution in [0.2, 0.25) is 0 Å². The quantitative estimate of drug-likeness (QED) is 0.589. The third-order valence-corrected chi connectivity index (χ3v) is 3.44. The first-order valence-corrected chi connectivity index (χ1v) is 6.23. The maximum absolute atomic E-state index is 11.7. The van der Waals surface area contributed by atoms with E-state index < -0.39 is 0 Å². The number of methoxy groups -OCH3 is 1. The summed E-state index contributed by atoms with van der Waals surface area (Å²) in [5, 5.41) is 11.3. The highest BCUT2D eigenvalue weighted by Gasteiger charge is 2.17. The molecular formula is C10H18N4O2S. The smallest absolute Gasteiger partial charge is 0.233 e. The van der Waals surface area contributed by atoms with Crippen LogP contribution in [-0.2, 0) is 16.6 Å². The molecule has 0 spiro atoms. The SMILES string of the molecule is COCCNC(=O)[C@@H](C)Sc1nnc(C)n1C. The van der Waals surface area contributed by atoms with Crippen LogP contribution < -0.4 is 5.32 Å². The molecule has 1 amide bonds. The van der Waals surface area contributed by atoms with Gasteiger partial charge in [0, 0.05) is 20.7 Å². The molecule has 0 aliphatic rings. The maximum atomic E-state index is 11.7. The minimum absolute atomic E-state index is 0.0206. The van der Waals surface area contributed by atoms with Crippen LogP contribution in [0.5, 0.6) is 0 Å². The van der Waals surface area contributed by atoms with E-state index in [2.05, 4.69) is 15.5 Å². The Morgan fingerprint density at radius 1 is 1.59 bits per heavy atom. The van der Waals surface area contributed by atoms with Crippen LogP contribution in [0.3, 0.4) is 0 Å². The fraction of sp³-hybridized carbons (Fsp3) is 0.700. The number of nitrogens with zero attached hydrogens (tertiary/aromatic N) is 3. The summed E-state index contributed by atoms with van der Waals surface area (Å²) >= 11 is 1.39. The van der Waals surface area contributed by atoms with Crippen LogP contribution in [0.15, 0.2) is 5.16 Å². The Bertz CT molecular complexity index is 380. The van der Waals surface area contributed by atoms with E-state index in [-0.39, 0.29) is 11.2 Å². The molecule has 0 aliphatic carbocycles. The lowest BCUT2D eigenvalue weighted by molar-refractivity contribution is -0.120. The lowest BCUT2D eigenvalue weighted by atomic mass is 10.4. The van der Waals surface area contributed by atoms with Gasteiger partial charge in [-0.15, -0.1) is 10.2 Å². The van der Waals surface area contributed by atoms with Crippen molar-refractivity contribution < 1.29 is 9.53 Å². The van der Waals surface area contributed by atoms with Gasteiger partial charge in [0.15, 0.2) is 5.16 Å². The van der Waals surface area contributed by atoms with Crippen molar-refractivity contribution in [2.45, 2.75) is 24.3 Å². The summed E-state index contributed by atoms with van der Waals surface area (Å²) in [6, 6.07) is 0. The molecule has 1 rings (SSSR count). The van der Waals surface area contributed by atoms with Gasteiger partial charge in [0.2, 0.25) is 5.91 Å². The number of carbonyl (C=O) groups is 1. The molecule has 0 aliphatic heterocycles. The van der Waals surface area contributed by atoms with Gasteiger partial charge in [0.05, 0.1) is 11.9 Å². The molecule has 1 aromatic rings. The van der Waals surface area contributed by atoms with Gasteiger partial charge >= 0.3 is 0 Å². The predicted octanol–water partition coefficient (Wildman–Crippen LogP) is 0.367. The van der Waals surface area contributed by atoms with Crippen molar-refractivity contribution in [2.75, 3.05) is 20.3 Å². The highest BCUT2D eigenvalue weighted by molar-refractivity contribution is 8.00. The Hall–Kier alpha value is -1.08. The average Bonchev–Trinajstić information content (AvgIpc) is 2.61. The molecule has 6 nitrogen and oxygen atoms in total. The minimum Gasteiger partial charge on any atom is -0.383 e. The van der Waals surface area contributed by atoms with E-state index in [9.17, 15) is 4.79 Å². The second kappa shape index (κ2) is 6.61. The van der Waals surface area contributed by atoms with Crippen molar-refractivity contribution >= 4 is 17.7 Å². The largest absolute Gasteiger partial charge is 0.383 e. The summed E-state index contributed by atoms with van der Waals surface area (Å²) < 4.78 is 6.73. The number of nitrogens with one attached hydrogen (secondary N) is 1. The molecule has 7 heteroatoms. The van der Waals surface area contributed by atoms with E-state index in [1.807, 2.05) is 25.5 Å². The highest BCUT2D eigenvalue weighted by Crippen LogP contribution is 2.20. The average molecular weight is 258 g/mol. The third kappa shape index (κ3) is 4.01. The fourth-order valence-electron chi connectivity index (χ4n) is 1.12. The molecule has 0 radical (unpaired) electrons. The van der Waals surface area contributed by atoms with Crippen LogP contribution in [0, 0.1) is 6.92 Å². The predicted molar refractivity (Wildman–Crippen MR) is 65.9 cm³/mol. The fourth-order valence-corrected chi connectivity index (χ4v) is 2.01. The number of hydrogen-bond donors (Lipinski definition) is 1. The number of hydrogen-bond acceptors (Lipinski definition) is 5. The molecule has 1 atom stereocenters. The van der Waals surface area contributed by atoms with Crippen molar-refractivity contribution in [1.82, 2.24) is 20.1 Å². The van der Waals surface area contributed by atoms with Crippen LogP contribution in [0.25, 0.3) is 0 Å². The van der Waals surface area contributed by atoms with E-state index in [0.29, 0.717) is 13.2 Å². The molecule has 0 saturated carbocycles.